The molecule has 0 bridgehead atoms. The normalized spacial score (nSPS) is 22.7. The lowest BCUT2D eigenvalue weighted by molar-refractivity contribution is -0.124. The minimum Gasteiger partial charge on any atom is -0.394 e. The third kappa shape index (κ3) is 4.53. The maximum atomic E-state index is 10.4. The molecule has 0 saturated heterocycles. The molecule has 10 heteroatoms. The maximum absolute atomic E-state index is 10.4. The summed E-state index contributed by atoms with van der Waals surface area (Å²) in [4.78, 5) is 20.6. The molecule has 7 atom stereocenters. The van der Waals surface area contributed by atoms with Crippen LogP contribution in [0.4, 0.5) is 0 Å². The summed E-state index contributed by atoms with van der Waals surface area (Å²) in [5.41, 5.74) is 0. The van der Waals surface area contributed by atoms with Gasteiger partial charge in [-0.25, -0.2) is 0 Å². The molecule has 112 valence electrons. The van der Waals surface area contributed by atoms with E-state index >= 15 is 0 Å². The van der Waals surface area contributed by atoms with Crippen molar-refractivity contribution in [2.75, 3.05) is 6.61 Å². The number of hydrogen-bond donors (Lipinski definition) is 6. The van der Waals surface area contributed by atoms with Gasteiger partial charge >= 0.3 is 0 Å². The summed E-state index contributed by atoms with van der Waals surface area (Å²) in [6.45, 7) is 0.255. The highest BCUT2D eigenvalue weighted by Crippen LogP contribution is 2.15. The van der Waals surface area contributed by atoms with Crippen molar-refractivity contribution in [2.24, 2.45) is 10.4 Å². The van der Waals surface area contributed by atoms with Crippen molar-refractivity contribution in [3.8, 4) is 0 Å². The molecule has 0 rings (SSSR count). The van der Waals surface area contributed by atoms with Crippen molar-refractivity contribution < 1.29 is 30.6 Å². The van der Waals surface area contributed by atoms with Crippen molar-refractivity contribution >= 4 is 0 Å². The number of hydrogen-bond acceptors (Lipinski definition) is 10. The van der Waals surface area contributed by atoms with Crippen molar-refractivity contribution in [1.82, 2.24) is 0 Å². The van der Waals surface area contributed by atoms with Gasteiger partial charge in [0.25, 0.3) is 0 Å². The van der Waals surface area contributed by atoms with E-state index in [1.54, 1.807) is 0 Å². The smallest absolute Gasteiger partial charge is 0.146 e. The van der Waals surface area contributed by atoms with E-state index in [2.05, 4.69) is 10.4 Å². The lowest BCUT2D eigenvalue weighted by atomic mass is 9.93. The fourth-order valence-electron chi connectivity index (χ4n) is 1.47. The van der Waals surface area contributed by atoms with Crippen LogP contribution in [0.2, 0.25) is 0 Å². The lowest BCUT2D eigenvalue weighted by Gasteiger charge is -2.30. The van der Waals surface area contributed by atoms with E-state index < -0.39 is 49.2 Å². The molecule has 0 saturated carbocycles. The SMILES string of the molecule is C[C@@H](O)C(N=O)C(O)C(O)C(O)C(O)C(CO)N=O. The van der Waals surface area contributed by atoms with E-state index in [-0.39, 0.29) is 0 Å². The van der Waals surface area contributed by atoms with Crippen LogP contribution in [0.3, 0.4) is 0 Å². The average Bonchev–Trinajstić information content (AvgIpc) is 2.38. The molecular weight excluding hydrogens is 264 g/mol. The second-order valence-electron chi connectivity index (χ2n) is 4.15. The predicted molar refractivity (Wildman–Crippen MR) is 62.0 cm³/mol. The molecule has 19 heavy (non-hydrogen) atoms. The zero-order chi connectivity index (χ0) is 15.2. The van der Waals surface area contributed by atoms with Crippen LogP contribution >= 0.6 is 0 Å². The van der Waals surface area contributed by atoms with E-state index in [0.717, 1.165) is 6.92 Å². The first-order valence-electron chi connectivity index (χ1n) is 5.47. The first-order chi connectivity index (χ1) is 8.81. The van der Waals surface area contributed by atoms with Gasteiger partial charge in [0, 0.05) is 0 Å². The second kappa shape index (κ2) is 8.19. The topological polar surface area (TPSA) is 180 Å². The Bertz CT molecular complexity index is 289. The lowest BCUT2D eigenvalue weighted by Crippen LogP contribution is -2.53. The van der Waals surface area contributed by atoms with E-state index in [1.165, 1.54) is 0 Å². The number of nitroso groups, excluding NO2 is 2. The van der Waals surface area contributed by atoms with Gasteiger partial charge in [-0.15, -0.1) is 0 Å². The van der Waals surface area contributed by atoms with Crippen LogP contribution in [-0.2, 0) is 0 Å². The van der Waals surface area contributed by atoms with Crippen LogP contribution < -0.4 is 0 Å². The van der Waals surface area contributed by atoms with Crippen LogP contribution in [-0.4, -0.2) is 79.8 Å². The number of aliphatic hydroxyl groups is 6. The standard InChI is InChI=1S/C9H18N2O8/c1-3(13)5(11-19)7(15)9(17)8(16)6(14)4(2-12)10-18/h3-9,12-17H,2H2,1H3/t3-,4?,5?,6?,7?,8?,9?/m1/s1. The highest BCUT2D eigenvalue weighted by atomic mass is 16.4. The van der Waals surface area contributed by atoms with Crippen molar-refractivity contribution in [3.05, 3.63) is 9.81 Å². The second-order valence-corrected chi connectivity index (χ2v) is 4.15. The Kier molecular flexibility index (Phi) is 7.75. The Balaban J connectivity index is 4.83. The molecular formula is C9H18N2O8. The van der Waals surface area contributed by atoms with Gasteiger partial charge in [-0.3, -0.25) is 0 Å². The van der Waals surface area contributed by atoms with Crippen LogP contribution in [0, 0.1) is 9.81 Å². The molecule has 10 nitrogen and oxygen atoms in total. The third-order valence-electron chi connectivity index (χ3n) is 2.73. The molecule has 0 aliphatic carbocycles. The van der Waals surface area contributed by atoms with E-state index in [0.29, 0.717) is 0 Å². The summed E-state index contributed by atoms with van der Waals surface area (Å²) >= 11 is 0. The van der Waals surface area contributed by atoms with Crippen LogP contribution in [0.1, 0.15) is 6.92 Å². The first kappa shape index (κ1) is 18.0. The summed E-state index contributed by atoms with van der Waals surface area (Å²) in [5.74, 6) is 0. The molecule has 6 N–H and O–H groups in total. The quantitative estimate of drug-likeness (QED) is 0.243. The minimum atomic E-state index is -2.07. The molecule has 0 aromatic rings. The highest BCUT2D eigenvalue weighted by Gasteiger charge is 2.40. The summed E-state index contributed by atoms with van der Waals surface area (Å²) in [6.07, 6.45) is -9.44. The summed E-state index contributed by atoms with van der Waals surface area (Å²) in [6, 6.07) is -3.24. The first-order valence-corrected chi connectivity index (χ1v) is 5.47. The van der Waals surface area contributed by atoms with Gasteiger partial charge < -0.3 is 30.6 Å². The Labute approximate surface area is 108 Å². The minimum absolute atomic E-state index is 0.879. The monoisotopic (exact) mass is 282 g/mol. The zero-order valence-corrected chi connectivity index (χ0v) is 10.1. The van der Waals surface area contributed by atoms with Crippen molar-refractivity contribution in [2.45, 2.75) is 49.5 Å². The Hall–Kier alpha value is -1.04. The van der Waals surface area contributed by atoms with Gasteiger partial charge in [0.15, 0.2) is 0 Å². The van der Waals surface area contributed by atoms with E-state index in [1.807, 2.05) is 0 Å². The molecule has 0 aromatic carbocycles. The largest absolute Gasteiger partial charge is 0.394 e. The molecule has 0 radical (unpaired) electrons. The van der Waals surface area contributed by atoms with Crippen LogP contribution in [0.15, 0.2) is 10.4 Å². The maximum Gasteiger partial charge on any atom is 0.146 e. The molecule has 6 unspecified atom stereocenters. The van der Waals surface area contributed by atoms with Gasteiger partial charge in [-0.1, -0.05) is 10.4 Å². The zero-order valence-electron chi connectivity index (χ0n) is 10.1. The Morgan fingerprint density at radius 3 is 1.63 bits per heavy atom. The van der Waals surface area contributed by atoms with Crippen molar-refractivity contribution in [3.63, 3.8) is 0 Å². The Morgan fingerprint density at radius 1 is 0.842 bits per heavy atom. The van der Waals surface area contributed by atoms with Crippen molar-refractivity contribution in [1.29, 1.82) is 0 Å². The number of aliphatic hydroxyl groups excluding tert-OH is 6. The fourth-order valence-corrected chi connectivity index (χ4v) is 1.47. The van der Waals surface area contributed by atoms with Gasteiger partial charge in [0.2, 0.25) is 0 Å². The molecule has 0 aromatic heterocycles. The Morgan fingerprint density at radius 2 is 1.32 bits per heavy atom. The van der Waals surface area contributed by atoms with Crippen LogP contribution in [0.5, 0.6) is 0 Å². The van der Waals surface area contributed by atoms with Crippen LogP contribution in [0.25, 0.3) is 0 Å². The predicted octanol–water partition coefficient (Wildman–Crippen LogP) is -2.93. The molecule has 0 aliphatic rings. The number of rotatable bonds is 9. The summed E-state index contributed by atoms with van der Waals surface area (Å²) in [7, 11) is 0. The van der Waals surface area contributed by atoms with E-state index in [4.69, 9.17) is 10.2 Å². The van der Waals surface area contributed by atoms with Gasteiger partial charge in [0.1, 0.15) is 36.5 Å². The van der Waals surface area contributed by atoms with Gasteiger partial charge in [-0.2, -0.15) is 9.81 Å². The highest BCUT2D eigenvalue weighted by molar-refractivity contribution is 4.93. The van der Waals surface area contributed by atoms with E-state index in [9.17, 15) is 30.2 Å². The van der Waals surface area contributed by atoms with Gasteiger partial charge in [0.05, 0.1) is 12.7 Å². The average molecular weight is 282 g/mol. The molecule has 0 fully saturated rings. The number of nitrogens with zero attached hydrogens (tertiary/aromatic N) is 2. The molecule has 0 amide bonds. The molecule has 0 aliphatic heterocycles. The summed E-state index contributed by atoms with van der Waals surface area (Å²) in [5, 5.41) is 60.6. The third-order valence-corrected chi connectivity index (χ3v) is 2.73. The molecule has 0 heterocycles. The summed E-state index contributed by atoms with van der Waals surface area (Å²) < 4.78 is 0. The van der Waals surface area contributed by atoms with Gasteiger partial charge in [-0.05, 0) is 6.92 Å². The fraction of sp³-hybridized carbons (Fsp3) is 1.00. The molecule has 0 spiro atoms.